The summed E-state index contributed by atoms with van der Waals surface area (Å²) in [7, 11) is 0. The molecular weight excluding hydrogens is 266 g/mol. The van der Waals surface area contributed by atoms with Gasteiger partial charge in [-0.3, -0.25) is 4.79 Å². The van der Waals surface area contributed by atoms with Crippen molar-refractivity contribution in [2.24, 2.45) is 0 Å². The lowest BCUT2D eigenvalue weighted by atomic mass is 10.1. The van der Waals surface area contributed by atoms with E-state index in [4.69, 9.17) is 14.9 Å². The second-order valence-corrected chi connectivity index (χ2v) is 4.03. The summed E-state index contributed by atoms with van der Waals surface area (Å²) in [6.45, 7) is 0.0118. The number of alkyl carbamates (subject to hydrolysis) is 1. The SMILES string of the molecule is O=C(O)CC[C@@H](NC(=O)OCc1ccccc1)C(=O)O. The molecule has 0 spiro atoms. The molecule has 0 saturated heterocycles. The Hall–Kier alpha value is -2.57. The predicted octanol–water partition coefficient (Wildman–Crippen LogP) is 1.23. The monoisotopic (exact) mass is 281 g/mol. The highest BCUT2D eigenvalue weighted by Crippen LogP contribution is 2.02. The summed E-state index contributed by atoms with van der Waals surface area (Å²) in [5.74, 6) is -2.43. The molecule has 0 aliphatic heterocycles. The summed E-state index contributed by atoms with van der Waals surface area (Å²) < 4.78 is 4.85. The molecule has 0 fully saturated rings. The van der Waals surface area contributed by atoms with E-state index >= 15 is 0 Å². The fraction of sp³-hybridized carbons (Fsp3) is 0.308. The lowest BCUT2D eigenvalue weighted by Gasteiger charge is -2.13. The molecule has 1 aromatic rings. The molecule has 1 amide bonds. The van der Waals surface area contributed by atoms with Gasteiger partial charge in [-0.1, -0.05) is 30.3 Å². The van der Waals surface area contributed by atoms with Gasteiger partial charge in [-0.2, -0.15) is 0 Å². The Morgan fingerprint density at radius 3 is 2.35 bits per heavy atom. The fourth-order valence-electron chi connectivity index (χ4n) is 1.43. The van der Waals surface area contributed by atoms with Crippen LogP contribution in [0.3, 0.4) is 0 Å². The molecule has 0 bridgehead atoms. The van der Waals surface area contributed by atoms with E-state index in [1.54, 1.807) is 24.3 Å². The van der Waals surface area contributed by atoms with E-state index in [0.717, 1.165) is 5.56 Å². The third-order valence-corrected chi connectivity index (χ3v) is 2.45. The average molecular weight is 281 g/mol. The maximum atomic E-state index is 11.4. The molecule has 0 unspecified atom stereocenters. The van der Waals surface area contributed by atoms with Gasteiger partial charge in [0.15, 0.2) is 0 Å². The van der Waals surface area contributed by atoms with Crippen LogP contribution in [0.1, 0.15) is 18.4 Å². The Balaban J connectivity index is 2.41. The molecule has 20 heavy (non-hydrogen) atoms. The van der Waals surface area contributed by atoms with Crippen LogP contribution in [0.5, 0.6) is 0 Å². The Kier molecular flexibility index (Phi) is 6.02. The Labute approximate surface area is 115 Å². The molecule has 7 nitrogen and oxygen atoms in total. The molecule has 3 N–H and O–H groups in total. The molecule has 1 aromatic carbocycles. The number of nitrogens with one attached hydrogen (secondary N) is 1. The molecule has 0 heterocycles. The minimum atomic E-state index is -1.30. The normalized spacial score (nSPS) is 11.4. The number of rotatable bonds is 7. The highest BCUT2D eigenvalue weighted by Gasteiger charge is 2.21. The highest BCUT2D eigenvalue weighted by molar-refractivity contribution is 5.80. The minimum Gasteiger partial charge on any atom is -0.481 e. The minimum absolute atomic E-state index is 0.0118. The van der Waals surface area contributed by atoms with Crippen LogP contribution < -0.4 is 5.32 Å². The highest BCUT2D eigenvalue weighted by atomic mass is 16.5. The average Bonchev–Trinajstić information content (AvgIpc) is 2.41. The first-order valence-electron chi connectivity index (χ1n) is 5.91. The number of benzene rings is 1. The number of hydrogen-bond donors (Lipinski definition) is 3. The van der Waals surface area contributed by atoms with Crippen LogP contribution in [0.2, 0.25) is 0 Å². The maximum absolute atomic E-state index is 11.4. The summed E-state index contributed by atoms with van der Waals surface area (Å²) >= 11 is 0. The van der Waals surface area contributed by atoms with Crippen LogP contribution in [0.4, 0.5) is 4.79 Å². The number of ether oxygens (including phenoxy) is 1. The standard InChI is InChI=1S/C13H15NO6/c15-11(16)7-6-10(12(17)18)14-13(19)20-8-9-4-2-1-3-5-9/h1-5,10H,6-8H2,(H,14,19)(H,15,16)(H,17,18)/t10-/m1/s1. The molecule has 108 valence electrons. The van der Waals surface area contributed by atoms with Crippen molar-refractivity contribution in [3.8, 4) is 0 Å². The van der Waals surface area contributed by atoms with Crippen molar-refractivity contribution in [2.45, 2.75) is 25.5 Å². The van der Waals surface area contributed by atoms with Crippen molar-refractivity contribution < 1.29 is 29.3 Å². The van der Waals surface area contributed by atoms with Gasteiger partial charge in [0.05, 0.1) is 0 Å². The van der Waals surface area contributed by atoms with Crippen LogP contribution in [0.25, 0.3) is 0 Å². The second-order valence-electron chi connectivity index (χ2n) is 4.03. The van der Waals surface area contributed by atoms with Gasteiger partial charge in [0.25, 0.3) is 0 Å². The number of carbonyl (C=O) groups excluding carboxylic acids is 1. The first-order valence-corrected chi connectivity index (χ1v) is 5.91. The van der Waals surface area contributed by atoms with Gasteiger partial charge in [0.1, 0.15) is 12.6 Å². The number of carboxylic acid groups (broad SMARTS) is 2. The Morgan fingerprint density at radius 1 is 1.15 bits per heavy atom. The fourth-order valence-corrected chi connectivity index (χ4v) is 1.43. The van der Waals surface area contributed by atoms with Gasteiger partial charge < -0.3 is 20.3 Å². The van der Waals surface area contributed by atoms with Gasteiger partial charge in [-0.25, -0.2) is 9.59 Å². The van der Waals surface area contributed by atoms with Gasteiger partial charge in [-0.15, -0.1) is 0 Å². The maximum Gasteiger partial charge on any atom is 0.408 e. The Bertz CT molecular complexity index is 473. The van der Waals surface area contributed by atoms with Crippen molar-refractivity contribution in [1.29, 1.82) is 0 Å². The molecule has 1 atom stereocenters. The zero-order chi connectivity index (χ0) is 15.0. The third-order valence-electron chi connectivity index (χ3n) is 2.45. The number of hydrogen-bond acceptors (Lipinski definition) is 4. The largest absolute Gasteiger partial charge is 0.481 e. The third kappa shape index (κ3) is 5.85. The van der Waals surface area contributed by atoms with Crippen LogP contribution in [0.15, 0.2) is 30.3 Å². The number of carbonyl (C=O) groups is 3. The number of aliphatic carboxylic acids is 2. The van der Waals surface area contributed by atoms with E-state index in [1.165, 1.54) is 0 Å². The molecule has 0 aromatic heterocycles. The molecule has 1 rings (SSSR count). The van der Waals surface area contributed by atoms with Gasteiger partial charge in [0.2, 0.25) is 0 Å². The second kappa shape index (κ2) is 7.78. The zero-order valence-corrected chi connectivity index (χ0v) is 10.6. The first kappa shape index (κ1) is 15.5. The quantitative estimate of drug-likeness (QED) is 0.692. The summed E-state index contributed by atoms with van der Waals surface area (Å²) in [4.78, 5) is 32.7. The van der Waals surface area contributed by atoms with Gasteiger partial charge in [0, 0.05) is 6.42 Å². The molecule has 0 radical (unpaired) electrons. The van der Waals surface area contributed by atoms with Crippen molar-refractivity contribution in [3.05, 3.63) is 35.9 Å². The predicted molar refractivity (Wildman–Crippen MR) is 68.1 cm³/mol. The van der Waals surface area contributed by atoms with Crippen LogP contribution in [-0.2, 0) is 20.9 Å². The number of carboxylic acids is 2. The van der Waals surface area contributed by atoms with Crippen molar-refractivity contribution >= 4 is 18.0 Å². The lowest BCUT2D eigenvalue weighted by molar-refractivity contribution is -0.140. The molecule has 0 aliphatic rings. The first-order chi connectivity index (χ1) is 9.49. The van der Waals surface area contributed by atoms with Crippen LogP contribution >= 0.6 is 0 Å². The zero-order valence-electron chi connectivity index (χ0n) is 10.6. The molecule has 7 heteroatoms. The van der Waals surface area contributed by atoms with E-state index in [1.807, 2.05) is 6.07 Å². The number of amides is 1. The molecule has 0 aliphatic carbocycles. The summed E-state index contributed by atoms with van der Waals surface area (Å²) in [5.41, 5.74) is 0.764. The van der Waals surface area contributed by atoms with E-state index in [-0.39, 0.29) is 19.4 Å². The van der Waals surface area contributed by atoms with Gasteiger partial charge >= 0.3 is 18.0 Å². The van der Waals surface area contributed by atoms with E-state index in [2.05, 4.69) is 5.32 Å². The van der Waals surface area contributed by atoms with Crippen LogP contribution in [-0.4, -0.2) is 34.3 Å². The van der Waals surface area contributed by atoms with Crippen LogP contribution in [0, 0.1) is 0 Å². The van der Waals surface area contributed by atoms with Crippen molar-refractivity contribution in [1.82, 2.24) is 5.32 Å². The Morgan fingerprint density at radius 2 is 1.80 bits per heavy atom. The van der Waals surface area contributed by atoms with E-state index in [9.17, 15) is 14.4 Å². The smallest absolute Gasteiger partial charge is 0.408 e. The van der Waals surface area contributed by atoms with Crippen molar-refractivity contribution in [2.75, 3.05) is 0 Å². The topological polar surface area (TPSA) is 113 Å². The lowest BCUT2D eigenvalue weighted by Crippen LogP contribution is -2.41. The van der Waals surface area contributed by atoms with E-state index in [0.29, 0.717) is 0 Å². The van der Waals surface area contributed by atoms with E-state index < -0.39 is 24.1 Å². The molecular formula is C13H15NO6. The van der Waals surface area contributed by atoms with Crippen molar-refractivity contribution in [3.63, 3.8) is 0 Å². The summed E-state index contributed by atoms with van der Waals surface area (Å²) in [6, 6.07) is 7.61. The summed E-state index contributed by atoms with van der Waals surface area (Å²) in [5, 5.41) is 19.5. The van der Waals surface area contributed by atoms with Gasteiger partial charge in [-0.05, 0) is 12.0 Å². The molecule has 0 saturated carbocycles. The summed E-state index contributed by atoms with van der Waals surface area (Å²) in [6.07, 6.45) is -1.45.